The van der Waals surface area contributed by atoms with Gasteiger partial charge in [0.15, 0.2) is 17.3 Å². The Morgan fingerprint density at radius 2 is 1.52 bits per heavy atom. The van der Waals surface area contributed by atoms with Crippen LogP contribution in [-0.2, 0) is 0 Å². The first-order valence-electron chi connectivity index (χ1n) is 6.67. The summed E-state index contributed by atoms with van der Waals surface area (Å²) in [6.07, 6.45) is 0. The maximum Gasteiger partial charge on any atom is 0.335 e. The van der Waals surface area contributed by atoms with Crippen molar-refractivity contribution in [3.63, 3.8) is 0 Å². The SMILES string of the molecule is COc1c(F)c(F)c([N+](=O)[O-])c(N2C(=O)c3ccccc3C2=O)c1F. The van der Waals surface area contributed by atoms with E-state index in [1.807, 2.05) is 0 Å². The van der Waals surface area contributed by atoms with Crippen molar-refractivity contribution in [3.05, 3.63) is 63.0 Å². The molecule has 0 saturated heterocycles. The number of rotatable bonds is 3. The monoisotopic (exact) mass is 352 g/mol. The summed E-state index contributed by atoms with van der Waals surface area (Å²) in [5.41, 5.74) is -3.29. The minimum Gasteiger partial charge on any atom is -0.491 e. The van der Waals surface area contributed by atoms with Crippen molar-refractivity contribution in [2.24, 2.45) is 0 Å². The summed E-state index contributed by atoms with van der Waals surface area (Å²) in [5.74, 6) is -9.20. The number of carbonyl (C=O) groups is 2. The van der Waals surface area contributed by atoms with E-state index in [0.717, 1.165) is 7.11 Å². The van der Waals surface area contributed by atoms with Crippen LogP contribution in [-0.4, -0.2) is 23.8 Å². The van der Waals surface area contributed by atoms with Crippen LogP contribution in [0.2, 0.25) is 0 Å². The highest BCUT2D eigenvalue weighted by Gasteiger charge is 2.45. The number of benzene rings is 2. The van der Waals surface area contributed by atoms with Gasteiger partial charge in [0.25, 0.3) is 11.8 Å². The number of hydrogen-bond donors (Lipinski definition) is 0. The fraction of sp³-hybridized carbons (Fsp3) is 0.0667. The molecule has 2 aromatic carbocycles. The minimum absolute atomic E-state index is 0.100. The van der Waals surface area contributed by atoms with Gasteiger partial charge in [0, 0.05) is 0 Å². The number of methoxy groups -OCH3 is 1. The molecule has 0 N–H and O–H groups in total. The molecule has 0 bridgehead atoms. The number of nitro groups is 1. The van der Waals surface area contributed by atoms with E-state index in [4.69, 9.17) is 0 Å². The molecular weight excluding hydrogens is 345 g/mol. The molecule has 10 heteroatoms. The van der Waals surface area contributed by atoms with Gasteiger partial charge in [-0.05, 0) is 12.1 Å². The minimum atomic E-state index is -2.05. The average Bonchev–Trinajstić information content (AvgIpc) is 2.83. The van der Waals surface area contributed by atoms with Crippen molar-refractivity contribution in [3.8, 4) is 5.75 Å². The molecule has 2 aromatic rings. The van der Waals surface area contributed by atoms with Crippen LogP contribution in [0.5, 0.6) is 5.75 Å². The number of ether oxygens (including phenoxy) is 1. The second kappa shape index (κ2) is 5.58. The van der Waals surface area contributed by atoms with Gasteiger partial charge in [0.1, 0.15) is 0 Å². The summed E-state index contributed by atoms with van der Waals surface area (Å²) in [7, 11) is 0.804. The van der Waals surface area contributed by atoms with Crippen LogP contribution in [0.3, 0.4) is 0 Å². The zero-order valence-electron chi connectivity index (χ0n) is 12.4. The molecular formula is C15H7F3N2O5. The molecule has 0 aromatic heterocycles. The molecule has 0 fully saturated rings. The maximum atomic E-state index is 14.6. The van der Waals surface area contributed by atoms with Gasteiger partial charge in [-0.15, -0.1) is 0 Å². The smallest absolute Gasteiger partial charge is 0.335 e. The van der Waals surface area contributed by atoms with E-state index < -0.39 is 51.3 Å². The lowest BCUT2D eigenvalue weighted by atomic mass is 10.1. The summed E-state index contributed by atoms with van der Waals surface area (Å²) >= 11 is 0. The van der Waals surface area contributed by atoms with E-state index in [1.165, 1.54) is 24.3 Å². The standard InChI is InChI=1S/C15H7F3N2O5/c1-25-13-9(17)8(16)12(20(23)24)11(10(13)18)19-14(21)6-4-2-3-5-7(6)15(19)22/h2-5H,1H3. The second-order valence-electron chi connectivity index (χ2n) is 4.92. The van der Waals surface area contributed by atoms with Crippen LogP contribution in [0.15, 0.2) is 24.3 Å². The van der Waals surface area contributed by atoms with Crippen LogP contribution >= 0.6 is 0 Å². The Labute approximate surface area is 137 Å². The number of amides is 2. The summed E-state index contributed by atoms with van der Waals surface area (Å²) in [4.78, 5) is 34.6. The van der Waals surface area contributed by atoms with Gasteiger partial charge < -0.3 is 4.74 Å². The Morgan fingerprint density at radius 1 is 1.00 bits per heavy atom. The van der Waals surface area contributed by atoms with Crippen molar-refractivity contribution in [2.45, 2.75) is 0 Å². The van der Waals surface area contributed by atoms with Gasteiger partial charge in [0.2, 0.25) is 11.6 Å². The largest absolute Gasteiger partial charge is 0.491 e. The van der Waals surface area contributed by atoms with Crippen molar-refractivity contribution in [1.82, 2.24) is 0 Å². The first-order valence-corrected chi connectivity index (χ1v) is 6.67. The lowest BCUT2D eigenvalue weighted by Gasteiger charge is -2.17. The van der Waals surface area contributed by atoms with Crippen molar-refractivity contribution in [1.29, 1.82) is 0 Å². The van der Waals surface area contributed by atoms with E-state index in [0.29, 0.717) is 0 Å². The molecule has 3 rings (SSSR count). The Morgan fingerprint density at radius 3 is 1.96 bits per heavy atom. The number of nitro benzene ring substituents is 1. The third-order valence-corrected chi connectivity index (χ3v) is 3.64. The van der Waals surface area contributed by atoms with E-state index >= 15 is 0 Å². The summed E-state index contributed by atoms with van der Waals surface area (Å²) < 4.78 is 46.8. The Hall–Kier alpha value is -3.43. The summed E-state index contributed by atoms with van der Waals surface area (Å²) in [5, 5.41) is 11.1. The number of imide groups is 1. The van der Waals surface area contributed by atoms with E-state index in [-0.39, 0.29) is 16.0 Å². The topological polar surface area (TPSA) is 89.8 Å². The lowest BCUT2D eigenvalue weighted by Crippen LogP contribution is -2.31. The highest BCUT2D eigenvalue weighted by Crippen LogP contribution is 2.43. The maximum absolute atomic E-state index is 14.6. The Balaban J connectivity index is 2.35. The molecule has 25 heavy (non-hydrogen) atoms. The summed E-state index contributed by atoms with van der Waals surface area (Å²) in [6.45, 7) is 0. The van der Waals surface area contributed by atoms with Crippen LogP contribution < -0.4 is 9.64 Å². The van der Waals surface area contributed by atoms with Gasteiger partial charge in [-0.25, -0.2) is 9.29 Å². The fourth-order valence-corrected chi connectivity index (χ4v) is 2.56. The number of anilines is 1. The highest BCUT2D eigenvalue weighted by atomic mass is 19.2. The highest BCUT2D eigenvalue weighted by molar-refractivity contribution is 6.35. The first kappa shape index (κ1) is 16.4. The molecule has 1 aliphatic heterocycles. The first-order chi connectivity index (χ1) is 11.8. The molecule has 1 heterocycles. The van der Waals surface area contributed by atoms with Crippen molar-refractivity contribution >= 4 is 23.2 Å². The number of nitrogens with zero attached hydrogens (tertiary/aromatic N) is 2. The molecule has 0 atom stereocenters. The molecule has 0 unspecified atom stereocenters. The molecule has 1 aliphatic rings. The third-order valence-electron chi connectivity index (χ3n) is 3.64. The number of fused-ring (bicyclic) bond motifs is 1. The zero-order chi connectivity index (χ0) is 18.5. The zero-order valence-corrected chi connectivity index (χ0v) is 12.4. The predicted octanol–water partition coefficient (Wildman–Crippen LogP) is 2.82. The van der Waals surface area contributed by atoms with E-state index in [1.54, 1.807) is 0 Å². The van der Waals surface area contributed by atoms with Crippen molar-refractivity contribution < 1.29 is 32.4 Å². The Bertz CT molecular complexity index is 926. The molecule has 7 nitrogen and oxygen atoms in total. The van der Waals surface area contributed by atoms with Gasteiger partial charge in [0.05, 0.1) is 23.2 Å². The van der Waals surface area contributed by atoms with Crippen molar-refractivity contribution in [2.75, 3.05) is 12.0 Å². The molecule has 0 spiro atoms. The van der Waals surface area contributed by atoms with Gasteiger partial charge in [-0.3, -0.25) is 19.7 Å². The van der Waals surface area contributed by atoms with E-state index in [9.17, 15) is 32.9 Å². The lowest BCUT2D eigenvalue weighted by molar-refractivity contribution is -0.387. The van der Waals surface area contributed by atoms with Crippen LogP contribution in [0.25, 0.3) is 0 Å². The van der Waals surface area contributed by atoms with Gasteiger partial charge in [-0.1, -0.05) is 12.1 Å². The summed E-state index contributed by atoms with van der Waals surface area (Å²) in [6, 6.07) is 5.33. The quantitative estimate of drug-likeness (QED) is 0.367. The second-order valence-corrected chi connectivity index (χ2v) is 4.92. The molecule has 128 valence electrons. The molecule has 2 amide bonds. The average molecular weight is 352 g/mol. The van der Waals surface area contributed by atoms with E-state index in [2.05, 4.69) is 4.74 Å². The number of carbonyl (C=O) groups excluding carboxylic acids is 2. The molecule has 0 saturated carbocycles. The molecule has 0 radical (unpaired) electrons. The third kappa shape index (κ3) is 2.14. The van der Waals surface area contributed by atoms with Crippen LogP contribution in [0.1, 0.15) is 20.7 Å². The van der Waals surface area contributed by atoms with Gasteiger partial charge in [-0.2, -0.15) is 8.78 Å². The Kier molecular flexibility index (Phi) is 3.67. The van der Waals surface area contributed by atoms with Crippen LogP contribution in [0.4, 0.5) is 24.5 Å². The number of hydrogen-bond acceptors (Lipinski definition) is 5. The fourth-order valence-electron chi connectivity index (χ4n) is 2.56. The predicted molar refractivity (Wildman–Crippen MR) is 77.1 cm³/mol. The number of halogens is 3. The van der Waals surface area contributed by atoms with Crippen LogP contribution in [0, 0.1) is 27.6 Å². The normalized spacial score (nSPS) is 13.2. The van der Waals surface area contributed by atoms with Gasteiger partial charge >= 0.3 is 5.69 Å². The molecule has 0 aliphatic carbocycles.